The molecule has 40 heavy (non-hydrogen) atoms. The lowest BCUT2D eigenvalue weighted by atomic mass is 9.85. The highest BCUT2D eigenvalue weighted by atomic mass is 31.2. The van der Waals surface area contributed by atoms with Crippen LogP contribution in [0.3, 0.4) is 0 Å². The Morgan fingerprint density at radius 3 is 2.52 bits per heavy atom. The van der Waals surface area contributed by atoms with Crippen molar-refractivity contribution in [3.63, 3.8) is 0 Å². The van der Waals surface area contributed by atoms with Gasteiger partial charge in [0.25, 0.3) is 0 Å². The lowest BCUT2D eigenvalue weighted by molar-refractivity contribution is 0.0630. The number of phenolic OH excluding ortho intramolecular Hbond substituents is 2. The van der Waals surface area contributed by atoms with Crippen molar-refractivity contribution in [2.45, 2.75) is 32.3 Å². The Bertz CT molecular complexity index is 1460. The molecule has 0 radical (unpaired) electrons. The van der Waals surface area contributed by atoms with Crippen molar-refractivity contribution in [1.29, 1.82) is 0 Å². The number of aliphatic hydroxyl groups excluding tert-OH is 1. The number of rotatable bonds is 11. The molecule has 216 valence electrons. The summed E-state index contributed by atoms with van der Waals surface area (Å²) in [4.78, 5) is 15.2. The Kier molecular flexibility index (Phi) is 9.71. The topological polar surface area (TPSA) is 139 Å². The van der Waals surface area contributed by atoms with Gasteiger partial charge in [0.15, 0.2) is 5.43 Å². The first-order valence-electron chi connectivity index (χ1n) is 13.3. The maximum absolute atomic E-state index is 13.2. The van der Waals surface area contributed by atoms with Gasteiger partial charge in [0.2, 0.25) is 0 Å². The van der Waals surface area contributed by atoms with Crippen LogP contribution < -0.4 is 10.2 Å². The van der Waals surface area contributed by atoms with Gasteiger partial charge in [-0.2, -0.15) is 0 Å². The molecule has 0 aliphatic carbocycles. The predicted octanol–water partition coefficient (Wildman–Crippen LogP) is 4.85. The van der Waals surface area contributed by atoms with Crippen LogP contribution in [0, 0.1) is 0 Å². The van der Waals surface area contributed by atoms with Crippen molar-refractivity contribution in [1.82, 2.24) is 4.90 Å². The molecule has 1 aliphatic heterocycles. The van der Waals surface area contributed by atoms with Crippen LogP contribution in [-0.4, -0.2) is 72.4 Å². The SMILES string of the molecule is CCOP(=O)(CC=CCOc1ccccc1-c1cc(=O)c2c(O)cc(O)c([C@H]3CCN(C)C[C@H]3O)c2o1)OCC. The second-order valence-corrected chi connectivity index (χ2v) is 11.7. The molecule has 4 rings (SSSR count). The second-order valence-electron chi connectivity index (χ2n) is 9.64. The van der Waals surface area contributed by atoms with Crippen LogP contribution >= 0.6 is 7.60 Å². The monoisotopic (exact) mass is 573 g/mol. The van der Waals surface area contributed by atoms with Crippen molar-refractivity contribution in [3.05, 3.63) is 64.3 Å². The largest absolute Gasteiger partial charge is 0.507 e. The highest BCUT2D eigenvalue weighted by Crippen LogP contribution is 2.48. The molecule has 0 bridgehead atoms. The summed E-state index contributed by atoms with van der Waals surface area (Å²) in [5, 5.41) is 32.1. The average Bonchev–Trinajstić information content (AvgIpc) is 2.89. The van der Waals surface area contributed by atoms with Gasteiger partial charge in [-0.05, 0) is 46.0 Å². The molecule has 0 amide bonds. The predicted molar refractivity (Wildman–Crippen MR) is 152 cm³/mol. The fourth-order valence-electron chi connectivity index (χ4n) is 4.98. The summed E-state index contributed by atoms with van der Waals surface area (Å²) in [5.74, 6) is -0.519. The molecule has 2 heterocycles. The van der Waals surface area contributed by atoms with Crippen LogP contribution in [0.25, 0.3) is 22.3 Å². The number of aliphatic hydroxyl groups is 1. The summed E-state index contributed by atoms with van der Waals surface area (Å²) in [6.07, 6.45) is 3.22. The van der Waals surface area contributed by atoms with Crippen LogP contribution in [0.4, 0.5) is 0 Å². The van der Waals surface area contributed by atoms with Crippen LogP contribution in [0.2, 0.25) is 0 Å². The van der Waals surface area contributed by atoms with Crippen molar-refractivity contribution in [2.75, 3.05) is 46.1 Å². The Labute approximate surface area is 232 Å². The molecule has 2 atom stereocenters. The van der Waals surface area contributed by atoms with Gasteiger partial charge in [-0.1, -0.05) is 24.3 Å². The van der Waals surface area contributed by atoms with E-state index < -0.39 is 30.8 Å². The fourth-order valence-corrected chi connectivity index (χ4v) is 6.46. The molecular formula is C29H36NO9P. The van der Waals surface area contributed by atoms with Crippen molar-refractivity contribution in [2.24, 2.45) is 0 Å². The van der Waals surface area contributed by atoms with E-state index in [1.54, 1.807) is 50.3 Å². The minimum Gasteiger partial charge on any atom is -0.507 e. The van der Waals surface area contributed by atoms with Crippen molar-refractivity contribution in [3.8, 4) is 28.6 Å². The highest BCUT2D eigenvalue weighted by molar-refractivity contribution is 7.54. The summed E-state index contributed by atoms with van der Waals surface area (Å²) in [5.41, 5.74) is 0.323. The van der Waals surface area contributed by atoms with Gasteiger partial charge in [0.05, 0.1) is 31.0 Å². The molecular weight excluding hydrogens is 537 g/mol. The normalized spacial score (nSPS) is 18.5. The number of nitrogens with zero attached hydrogens (tertiary/aromatic N) is 1. The Morgan fingerprint density at radius 1 is 1.10 bits per heavy atom. The summed E-state index contributed by atoms with van der Waals surface area (Å²) >= 11 is 0. The molecule has 3 aromatic rings. The molecule has 0 spiro atoms. The number of allylic oxidation sites excluding steroid dienone is 1. The number of likely N-dealkylation sites (N-methyl/N-ethyl adjacent to an activating group) is 1. The smallest absolute Gasteiger partial charge is 0.334 e. The number of hydrogen-bond donors (Lipinski definition) is 3. The van der Waals surface area contributed by atoms with E-state index in [1.165, 1.54) is 6.07 Å². The van der Waals surface area contributed by atoms with E-state index >= 15 is 0 Å². The lowest BCUT2D eigenvalue weighted by Crippen LogP contribution is -2.40. The van der Waals surface area contributed by atoms with Gasteiger partial charge in [0.1, 0.15) is 40.6 Å². The zero-order chi connectivity index (χ0) is 28.9. The summed E-state index contributed by atoms with van der Waals surface area (Å²) in [6.45, 7) is 5.28. The summed E-state index contributed by atoms with van der Waals surface area (Å²) < 4.78 is 35.3. The number of hydrogen-bond acceptors (Lipinski definition) is 10. The van der Waals surface area contributed by atoms with Crippen molar-refractivity contribution < 1.29 is 38.1 Å². The molecule has 0 unspecified atom stereocenters. The molecule has 0 saturated carbocycles. The molecule has 1 fully saturated rings. The van der Waals surface area contributed by atoms with Gasteiger partial charge in [0, 0.05) is 30.2 Å². The van der Waals surface area contributed by atoms with Crippen molar-refractivity contribution >= 4 is 18.6 Å². The van der Waals surface area contributed by atoms with Gasteiger partial charge in [-0.25, -0.2) is 0 Å². The third-order valence-electron chi connectivity index (χ3n) is 6.79. The minimum atomic E-state index is -3.20. The third kappa shape index (κ3) is 6.59. The lowest BCUT2D eigenvalue weighted by Gasteiger charge is -2.34. The number of piperidine rings is 1. The highest BCUT2D eigenvalue weighted by Gasteiger charge is 2.33. The number of aromatic hydroxyl groups is 2. The molecule has 1 aromatic heterocycles. The number of β-amino-alcohol motifs (C(OH)–C–C–N with tert-alkyl or cyclic N) is 1. The number of ether oxygens (including phenoxy) is 1. The number of likely N-dealkylation sites (tertiary alicyclic amines) is 1. The number of phenols is 2. The van der Waals surface area contributed by atoms with Gasteiger partial charge < -0.3 is 38.4 Å². The van der Waals surface area contributed by atoms with E-state index in [0.29, 0.717) is 36.4 Å². The quantitative estimate of drug-likeness (QED) is 0.215. The number of para-hydroxylation sites is 1. The molecule has 2 aromatic carbocycles. The van der Waals surface area contributed by atoms with Crippen LogP contribution in [0.15, 0.2) is 57.8 Å². The van der Waals surface area contributed by atoms with E-state index in [1.807, 2.05) is 11.9 Å². The molecule has 10 nitrogen and oxygen atoms in total. The maximum atomic E-state index is 13.2. The van der Waals surface area contributed by atoms with Gasteiger partial charge in [-0.15, -0.1) is 0 Å². The Hall–Kier alpha value is -3.14. The zero-order valence-corrected chi connectivity index (χ0v) is 23.8. The fraction of sp³-hybridized carbons (Fsp3) is 0.414. The van der Waals surface area contributed by atoms with Gasteiger partial charge in [-0.3, -0.25) is 9.36 Å². The number of fused-ring (bicyclic) bond motifs is 1. The second kappa shape index (κ2) is 13.0. The van der Waals surface area contributed by atoms with E-state index in [2.05, 4.69) is 0 Å². The molecule has 1 saturated heterocycles. The van der Waals surface area contributed by atoms with E-state index in [0.717, 1.165) is 6.07 Å². The molecule has 11 heteroatoms. The molecule has 3 N–H and O–H groups in total. The van der Waals surface area contributed by atoms with Gasteiger partial charge >= 0.3 is 7.60 Å². The minimum absolute atomic E-state index is 0.0332. The average molecular weight is 574 g/mol. The zero-order valence-electron chi connectivity index (χ0n) is 22.9. The van der Waals surface area contributed by atoms with Crippen LogP contribution in [0.5, 0.6) is 17.2 Å². The number of benzene rings is 2. The van der Waals surface area contributed by atoms with E-state index in [4.69, 9.17) is 18.2 Å². The first kappa shape index (κ1) is 29.8. The first-order chi connectivity index (χ1) is 19.2. The van der Waals surface area contributed by atoms with E-state index in [-0.39, 0.29) is 48.5 Å². The first-order valence-corrected chi connectivity index (χ1v) is 15.0. The molecule has 1 aliphatic rings. The maximum Gasteiger partial charge on any atom is 0.334 e. The Morgan fingerprint density at radius 2 is 1.82 bits per heavy atom. The third-order valence-corrected chi connectivity index (χ3v) is 8.75. The summed E-state index contributed by atoms with van der Waals surface area (Å²) in [7, 11) is -1.31. The van der Waals surface area contributed by atoms with Crippen LogP contribution in [0.1, 0.15) is 31.7 Å². The van der Waals surface area contributed by atoms with Crippen LogP contribution in [-0.2, 0) is 13.6 Å². The van der Waals surface area contributed by atoms with E-state index in [9.17, 15) is 24.7 Å². The Balaban J connectivity index is 1.66. The standard InChI is InChI=1S/C29H36NO9P/c1-4-37-40(35,38-5-2)15-9-8-14-36-25-11-7-6-10-20(25)26-17-23(33)28-22(32)16-21(31)27(29(28)39-26)19-12-13-30(3)18-24(19)34/h6-11,16-17,19,24,31-32,34H,4-5,12-15,18H2,1-3H3/t19-,24+/m0/s1. The summed E-state index contributed by atoms with van der Waals surface area (Å²) in [6, 6.07) is 9.39.